The molecule has 2 heterocycles. The quantitative estimate of drug-likeness (QED) is 0.304. The number of benzene rings is 2. The number of carbonyl (C=O) groups is 4. The van der Waals surface area contributed by atoms with Crippen LogP contribution in [-0.2, 0) is 25.8 Å². The second-order valence-corrected chi connectivity index (χ2v) is 11.0. The lowest BCUT2D eigenvalue weighted by Crippen LogP contribution is -2.51. The van der Waals surface area contributed by atoms with Gasteiger partial charge < -0.3 is 9.80 Å². The summed E-state index contributed by atoms with van der Waals surface area (Å²) in [5.41, 5.74) is 6.95. The number of piperazine rings is 1. The Morgan fingerprint density at radius 3 is 2.34 bits per heavy atom. The number of imide groups is 1. The standard InChI is InChI=1S/C31H39N5O5/c1-22(2)19-26(28(37)32-36-30(39)27-20-34(3)17-18-35(27)31(36)40)25(16-10-15-23-11-6-4-7-12-23)29(38)33-41-21-24-13-8-5-9-14-24/h4-15,22,25-27H,16-21H2,1-3H3,(H,32,37)(H,33,38)/b15-10+/t25-,26+,27?/m0/s1. The molecular formula is C31H39N5O5. The van der Waals surface area contributed by atoms with E-state index in [0.717, 1.165) is 16.1 Å². The first-order chi connectivity index (χ1) is 19.7. The monoisotopic (exact) mass is 561 g/mol. The predicted molar refractivity (Wildman–Crippen MR) is 154 cm³/mol. The Labute approximate surface area is 241 Å². The highest BCUT2D eigenvalue weighted by molar-refractivity contribution is 6.06. The van der Waals surface area contributed by atoms with Gasteiger partial charge >= 0.3 is 6.03 Å². The summed E-state index contributed by atoms with van der Waals surface area (Å²) < 4.78 is 0. The fraction of sp³-hybridized carbons (Fsp3) is 0.419. The van der Waals surface area contributed by atoms with Crippen LogP contribution in [-0.4, -0.2) is 71.3 Å². The molecule has 0 aromatic heterocycles. The SMILES string of the molecule is CC(C)C[C@@H](C(=O)NN1C(=O)C2CN(C)CCN2C1=O)[C@H](C/C=C/c1ccccc1)C(=O)NOCc1ccccc1. The highest BCUT2D eigenvalue weighted by Crippen LogP contribution is 2.27. The van der Waals surface area contributed by atoms with E-state index in [1.165, 1.54) is 4.90 Å². The highest BCUT2D eigenvalue weighted by Gasteiger charge is 2.49. The number of hydrogen-bond donors (Lipinski definition) is 2. The number of rotatable bonds is 12. The number of fused-ring (bicyclic) bond motifs is 1. The zero-order valence-electron chi connectivity index (χ0n) is 23.9. The van der Waals surface area contributed by atoms with Crippen molar-refractivity contribution in [3.8, 4) is 0 Å². The van der Waals surface area contributed by atoms with Gasteiger partial charge in [0, 0.05) is 19.6 Å². The van der Waals surface area contributed by atoms with E-state index in [0.29, 0.717) is 26.1 Å². The van der Waals surface area contributed by atoms with Gasteiger partial charge in [-0.15, -0.1) is 0 Å². The number of likely N-dealkylation sites (N-methyl/N-ethyl adjacent to an activating group) is 1. The fourth-order valence-electron chi connectivity index (χ4n) is 5.20. The maximum absolute atomic E-state index is 13.7. The van der Waals surface area contributed by atoms with Gasteiger partial charge in [-0.3, -0.25) is 24.6 Å². The Morgan fingerprint density at radius 2 is 1.66 bits per heavy atom. The first kappa shape index (κ1) is 30.0. The van der Waals surface area contributed by atoms with Crippen LogP contribution >= 0.6 is 0 Å². The number of nitrogens with one attached hydrogen (secondary N) is 2. The number of urea groups is 1. The molecule has 2 N–H and O–H groups in total. The smallest absolute Gasteiger partial charge is 0.308 e. The summed E-state index contributed by atoms with van der Waals surface area (Å²) in [6, 6.07) is 17.9. The molecule has 10 nitrogen and oxygen atoms in total. The third-order valence-electron chi connectivity index (χ3n) is 7.39. The number of hydrogen-bond acceptors (Lipinski definition) is 6. The summed E-state index contributed by atoms with van der Waals surface area (Å²) in [7, 11) is 1.89. The molecule has 0 spiro atoms. The van der Waals surface area contributed by atoms with E-state index in [4.69, 9.17) is 4.84 Å². The van der Waals surface area contributed by atoms with Crippen LogP contribution in [0.5, 0.6) is 0 Å². The molecule has 5 amide bonds. The van der Waals surface area contributed by atoms with E-state index < -0.39 is 41.6 Å². The maximum atomic E-state index is 13.7. The average Bonchev–Trinajstić information content (AvgIpc) is 3.19. The van der Waals surface area contributed by atoms with Gasteiger partial charge in [-0.05, 0) is 36.9 Å². The molecule has 10 heteroatoms. The molecule has 2 fully saturated rings. The second-order valence-electron chi connectivity index (χ2n) is 11.0. The number of allylic oxidation sites excluding steroid dienone is 1. The molecule has 1 unspecified atom stereocenters. The first-order valence-corrected chi connectivity index (χ1v) is 14.1. The predicted octanol–water partition coefficient (Wildman–Crippen LogP) is 3.23. The van der Waals surface area contributed by atoms with Crippen molar-refractivity contribution in [3.05, 3.63) is 77.9 Å². The summed E-state index contributed by atoms with van der Waals surface area (Å²) in [5, 5.41) is 0.820. The molecule has 0 bridgehead atoms. The Kier molecular flexibility index (Phi) is 10.3. The van der Waals surface area contributed by atoms with Crippen molar-refractivity contribution in [2.24, 2.45) is 17.8 Å². The van der Waals surface area contributed by atoms with E-state index in [-0.39, 0.29) is 18.9 Å². The molecule has 2 aromatic rings. The van der Waals surface area contributed by atoms with Crippen LogP contribution in [0, 0.1) is 17.8 Å². The molecule has 4 rings (SSSR count). The van der Waals surface area contributed by atoms with Gasteiger partial charge in [-0.1, -0.05) is 86.7 Å². The van der Waals surface area contributed by atoms with Crippen molar-refractivity contribution in [3.63, 3.8) is 0 Å². The first-order valence-electron chi connectivity index (χ1n) is 14.1. The average molecular weight is 562 g/mol. The number of amides is 5. The normalized spacial score (nSPS) is 19.0. The fourth-order valence-corrected chi connectivity index (χ4v) is 5.20. The molecule has 2 aromatic carbocycles. The number of hydrazine groups is 1. The minimum absolute atomic E-state index is 0.0642. The number of hydroxylamine groups is 1. The van der Waals surface area contributed by atoms with Crippen molar-refractivity contribution in [2.45, 2.75) is 39.3 Å². The molecule has 3 atom stereocenters. The van der Waals surface area contributed by atoms with Crippen molar-refractivity contribution in [1.29, 1.82) is 0 Å². The van der Waals surface area contributed by atoms with E-state index in [9.17, 15) is 19.2 Å². The van der Waals surface area contributed by atoms with E-state index in [1.54, 1.807) is 0 Å². The second kappa shape index (κ2) is 14.0. The molecule has 2 aliphatic rings. The van der Waals surface area contributed by atoms with E-state index in [2.05, 4.69) is 10.9 Å². The van der Waals surface area contributed by atoms with Gasteiger partial charge in [0.05, 0.1) is 18.4 Å². The van der Waals surface area contributed by atoms with Gasteiger partial charge in [-0.2, -0.15) is 5.01 Å². The zero-order chi connectivity index (χ0) is 29.4. The van der Waals surface area contributed by atoms with Gasteiger partial charge in [0.1, 0.15) is 6.04 Å². The minimum atomic E-state index is -0.823. The molecular weight excluding hydrogens is 522 g/mol. The molecule has 2 aliphatic heterocycles. The lowest BCUT2D eigenvalue weighted by Gasteiger charge is -2.32. The van der Waals surface area contributed by atoms with Crippen molar-refractivity contribution in [2.75, 3.05) is 26.7 Å². The molecule has 0 aliphatic carbocycles. The van der Waals surface area contributed by atoms with Crippen molar-refractivity contribution in [1.82, 2.24) is 25.7 Å². The maximum Gasteiger partial charge on any atom is 0.346 e. The largest absolute Gasteiger partial charge is 0.346 e. The third kappa shape index (κ3) is 7.80. The van der Waals surface area contributed by atoms with Crippen LogP contribution in [0.15, 0.2) is 66.7 Å². The number of nitrogens with zero attached hydrogens (tertiary/aromatic N) is 3. The third-order valence-corrected chi connectivity index (χ3v) is 7.39. The van der Waals surface area contributed by atoms with Gasteiger partial charge in [0.2, 0.25) is 11.8 Å². The highest BCUT2D eigenvalue weighted by atomic mass is 16.6. The number of carbonyl (C=O) groups excluding carboxylic acids is 4. The Hall–Kier alpha value is -4.02. The van der Waals surface area contributed by atoms with E-state index in [1.807, 2.05) is 98.6 Å². The zero-order valence-corrected chi connectivity index (χ0v) is 23.9. The van der Waals surface area contributed by atoms with Crippen LogP contribution in [0.1, 0.15) is 37.8 Å². The van der Waals surface area contributed by atoms with E-state index >= 15 is 0 Å². The summed E-state index contributed by atoms with van der Waals surface area (Å²) in [6.45, 7) is 5.55. The summed E-state index contributed by atoms with van der Waals surface area (Å²) in [5.74, 6) is -3.03. The summed E-state index contributed by atoms with van der Waals surface area (Å²) >= 11 is 0. The molecule has 0 radical (unpaired) electrons. The van der Waals surface area contributed by atoms with Crippen molar-refractivity contribution >= 4 is 29.8 Å². The Morgan fingerprint density at radius 1 is 0.976 bits per heavy atom. The van der Waals surface area contributed by atoms with Gasteiger partial charge in [-0.25, -0.2) is 10.3 Å². The molecule has 2 saturated heterocycles. The summed E-state index contributed by atoms with van der Waals surface area (Å²) in [6.07, 6.45) is 4.38. The van der Waals surface area contributed by atoms with Crippen LogP contribution in [0.4, 0.5) is 4.79 Å². The van der Waals surface area contributed by atoms with Crippen LogP contribution < -0.4 is 10.9 Å². The van der Waals surface area contributed by atoms with Crippen LogP contribution in [0.3, 0.4) is 0 Å². The molecule has 41 heavy (non-hydrogen) atoms. The molecule has 218 valence electrons. The summed E-state index contributed by atoms with van der Waals surface area (Å²) in [4.78, 5) is 62.4. The van der Waals surface area contributed by atoms with Gasteiger partial charge in [0.15, 0.2) is 0 Å². The minimum Gasteiger partial charge on any atom is -0.308 e. The molecule has 0 saturated carbocycles. The Bertz CT molecular complexity index is 1240. The lowest BCUT2D eigenvalue weighted by molar-refractivity contribution is -0.147. The van der Waals surface area contributed by atoms with Crippen LogP contribution in [0.2, 0.25) is 0 Å². The lowest BCUT2D eigenvalue weighted by atomic mass is 9.82. The van der Waals surface area contributed by atoms with Crippen molar-refractivity contribution < 1.29 is 24.0 Å². The topological polar surface area (TPSA) is 111 Å². The van der Waals surface area contributed by atoms with Crippen LogP contribution in [0.25, 0.3) is 6.08 Å². The Balaban J connectivity index is 1.52. The van der Waals surface area contributed by atoms with Gasteiger partial charge in [0.25, 0.3) is 5.91 Å².